The molecule has 4 amide bonds. The molecule has 1 N–H and O–H groups in total. The summed E-state index contributed by atoms with van der Waals surface area (Å²) in [6.45, 7) is 0.211. The van der Waals surface area contributed by atoms with Gasteiger partial charge in [-0.2, -0.15) is 0 Å². The first kappa shape index (κ1) is 24.3. The van der Waals surface area contributed by atoms with Gasteiger partial charge in [0, 0.05) is 4.47 Å². The molecule has 0 unspecified atom stereocenters. The summed E-state index contributed by atoms with van der Waals surface area (Å²) in [7, 11) is 0. The molecule has 1 aliphatic rings. The average Bonchev–Trinajstić information content (AvgIpc) is 2.78. The van der Waals surface area contributed by atoms with Gasteiger partial charge in [-0.25, -0.2) is 14.1 Å². The van der Waals surface area contributed by atoms with Crippen LogP contribution in [0, 0.1) is 5.82 Å². The maximum Gasteiger partial charge on any atom is 0.335 e. The van der Waals surface area contributed by atoms with Gasteiger partial charge < -0.3 is 4.74 Å². The summed E-state index contributed by atoms with van der Waals surface area (Å²) in [5.41, 5.74) is 1.45. The molecule has 1 aliphatic heterocycles. The monoisotopic (exact) mass is 650 g/mol. The number of halogens is 4. The number of carbonyl (C=O) groups excluding carboxylic acids is 3. The Morgan fingerprint density at radius 2 is 1.53 bits per heavy atom. The molecule has 3 aromatic rings. The number of rotatable bonds is 5. The second-order valence-corrected chi connectivity index (χ2v) is 9.79. The van der Waals surface area contributed by atoms with Crippen molar-refractivity contribution in [1.82, 2.24) is 5.32 Å². The number of urea groups is 1. The van der Waals surface area contributed by atoms with E-state index in [-0.39, 0.29) is 18.0 Å². The first-order chi connectivity index (χ1) is 16.2. The minimum atomic E-state index is -0.818. The first-order valence-corrected chi connectivity index (χ1v) is 12.1. The van der Waals surface area contributed by atoms with Crippen LogP contribution in [0.15, 0.2) is 79.7 Å². The summed E-state index contributed by atoms with van der Waals surface area (Å²) in [4.78, 5) is 38.7. The molecule has 4 rings (SSSR count). The summed E-state index contributed by atoms with van der Waals surface area (Å²) >= 11 is 10.2. The number of ether oxygens (including phenoxy) is 1. The molecule has 10 heteroatoms. The highest BCUT2D eigenvalue weighted by Crippen LogP contribution is 2.36. The highest BCUT2D eigenvalue weighted by molar-refractivity contribution is 9.11. The van der Waals surface area contributed by atoms with Gasteiger partial charge in [0.1, 0.15) is 23.7 Å². The Hall–Kier alpha value is -2.82. The van der Waals surface area contributed by atoms with E-state index in [1.807, 2.05) is 0 Å². The van der Waals surface area contributed by atoms with Crippen molar-refractivity contribution in [2.24, 2.45) is 0 Å². The van der Waals surface area contributed by atoms with Crippen LogP contribution < -0.4 is 15.0 Å². The highest BCUT2D eigenvalue weighted by Gasteiger charge is 2.36. The maximum atomic E-state index is 13.1. The van der Waals surface area contributed by atoms with Crippen LogP contribution in [0.3, 0.4) is 0 Å². The van der Waals surface area contributed by atoms with Crippen LogP contribution in [0.2, 0.25) is 0 Å². The van der Waals surface area contributed by atoms with Gasteiger partial charge in [-0.15, -0.1) is 0 Å². The number of nitrogens with one attached hydrogen (secondary N) is 1. The second kappa shape index (κ2) is 10.2. The number of benzene rings is 3. The number of anilines is 1. The van der Waals surface area contributed by atoms with Crippen LogP contribution in [0.5, 0.6) is 5.75 Å². The Balaban J connectivity index is 1.60. The van der Waals surface area contributed by atoms with E-state index in [4.69, 9.17) is 4.74 Å². The number of hydrogen-bond donors (Lipinski definition) is 1. The van der Waals surface area contributed by atoms with E-state index in [0.29, 0.717) is 25.9 Å². The zero-order valence-corrected chi connectivity index (χ0v) is 21.9. The molecule has 0 saturated carbocycles. The SMILES string of the molecule is O=C1NC(=O)N(c2ccc(Br)cc2)C(=O)/C1=C/c1cc(Br)c(OCc2ccc(F)cc2)c(Br)c1. The van der Waals surface area contributed by atoms with Crippen LogP contribution >= 0.6 is 47.8 Å². The van der Waals surface area contributed by atoms with Crippen molar-refractivity contribution < 1.29 is 23.5 Å². The van der Waals surface area contributed by atoms with Crippen molar-refractivity contribution in [2.45, 2.75) is 6.61 Å². The van der Waals surface area contributed by atoms with Crippen molar-refractivity contribution in [3.63, 3.8) is 0 Å². The van der Waals surface area contributed by atoms with Crippen LogP contribution in [0.4, 0.5) is 14.9 Å². The molecule has 0 spiro atoms. The third kappa shape index (κ3) is 5.29. The molecule has 0 aliphatic carbocycles. The van der Waals surface area contributed by atoms with Crippen molar-refractivity contribution in [3.8, 4) is 5.75 Å². The van der Waals surface area contributed by atoms with Crippen molar-refractivity contribution in [1.29, 1.82) is 0 Å². The van der Waals surface area contributed by atoms with Gasteiger partial charge >= 0.3 is 6.03 Å². The lowest BCUT2D eigenvalue weighted by Gasteiger charge is -2.26. The standard InChI is InChI=1S/C24H14Br3FN2O4/c25-15-3-7-17(8-4-15)30-23(32)18(22(31)29-24(30)33)9-14-10-19(26)21(20(27)11-14)34-12-13-1-5-16(28)6-2-13/h1-11H,12H2,(H,29,31,33)/b18-9+. The summed E-state index contributed by atoms with van der Waals surface area (Å²) in [5.74, 6) is -1.35. The molecule has 1 saturated heterocycles. The van der Waals surface area contributed by atoms with Gasteiger partial charge in [0.05, 0.1) is 14.6 Å². The van der Waals surface area contributed by atoms with Gasteiger partial charge in [-0.3, -0.25) is 14.9 Å². The molecular weight excluding hydrogens is 639 g/mol. The zero-order chi connectivity index (χ0) is 24.4. The van der Waals surface area contributed by atoms with E-state index >= 15 is 0 Å². The fraction of sp³-hybridized carbons (Fsp3) is 0.0417. The summed E-state index contributed by atoms with van der Waals surface area (Å²) in [6, 6.07) is 15.1. The van der Waals surface area contributed by atoms with Crippen molar-refractivity contribution >= 4 is 77.4 Å². The largest absolute Gasteiger partial charge is 0.487 e. The molecule has 0 atom stereocenters. The number of imide groups is 2. The Morgan fingerprint density at radius 3 is 2.15 bits per heavy atom. The maximum absolute atomic E-state index is 13.1. The molecular formula is C24H14Br3FN2O4. The molecule has 3 aromatic carbocycles. The summed E-state index contributed by atoms with van der Waals surface area (Å²) in [6.07, 6.45) is 1.40. The molecule has 1 heterocycles. The van der Waals surface area contributed by atoms with E-state index in [1.165, 1.54) is 18.2 Å². The Kier molecular flexibility index (Phi) is 7.30. The average molecular weight is 653 g/mol. The van der Waals surface area contributed by atoms with E-state index < -0.39 is 17.8 Å². The van der Waals surface area contributed by atoms with Gasteiger partial charge in [-0.05, 0) is 97.6 Å². The van der Waals surface area contributed by atoms with Crippen molar-refractivity contribution in [2.75, 3.05) is 4.90 Å². The Labute approximate surface area is 219 Å². The lowest BCUT2D eigenvalue weighted by Crippen LogP contribution is -2.54. The number of hydrogen-bond acceptors (Lipinski definition) is 4. The van der Waals surface area contributed by atoms with Gasteiger partial charge in [0.2, 0.25) is 0 Å². The molecule has 0 aromatic heterocycles. The number of nitrogens with zero attached hydrogens (tertiary/aromatic N) is 1. The topological polar surface area (TPSA) is 75.7 Å². The second-order valence-electron chi connectivity index (χ2n) is 7.16. The first-order valence-electron chi connectivity index (χ1n) is 9.76. The zero-order valence-electron chi connectivity index (χ0n) is 17.2. The molecule has 34 heavy (non-hydrogen) atoms. The van der Waals surface area contributed by atoms with Crippen LogP contribution in [0.1, 0.15) is 11.1 Å². The fourth-order valence-corrected chi connectivity index (χ4v) is 4.90. The summed E-state index contributed by atoms with van der Waals surface area (Å²) < 4.78 is 20.9. The van der Waals surface area contributed by atoms with Gasteiger partial charge in [-0.1, -0.05) is 28.1 Å². The lowest BCUT2D eigenvalue weighted by molar-refractivity contribution is -0.122. The third-order valence-corrected chi connectivity index (χ3v) is 6.52. The number of barbiturate groups is 1. The lowest BCUT2D eigenvalue weighted by atomic mass is 10.1. The predicted molar refractivity (Wildman–Crippen MR) is 136 cm³/mol. The Bertz CT molecular complexity index is 1300. The third-order valence-electron chi connectivity index (χ3n) is 4.81. The van der Waals surface area contributed by atoms with E-state index in [9.17, 15) is 18.8 Å². The molecule has 172 valence electrons. The normalized spacial score (nSPS) is 15.0. The van der Waals surface area contributed by atoms with Gasteiger partial charge in [0.15, 0.2) is 0 Å². The van der Waals surface area contributed by atoms with Crippen molar-refractivity contribution in [3.05, 3.63) is 96.6 Å². The highest BCUT2D eigenvalue weighted by atomic mass is 79.9. The van der Waals surface area contributed by atoms with Crippen LogP contribution in [-0.2, 0) is 16.2 Å². The molecule has 1 fully saturated rings. The minimum Gasteiger partial charge on any atom is -0.487 e. The molecule has 0 bridgehead atoms. The molecule has 0 radical (unpaired) electrons. The van der Waals surface area contributed by atoms with Gasteiger partial charge in [0.25, 0.3) is 11.8 Å². The predicted octanol–water partition coefficient (Wildman–Crippen LogP) is 6.36. The van der Waals surface area contributed by atoms with E-state index in [0.717, 1.165) is 14.9 Å². The smallest absolute Gasteiger partial charge is 0.335 e. The quantitative estimate of drug-likeness (QED) is 0.257. The van der Waals surface area contributed by atoms with Crippen LogP contribution in [0.25, 0.3) is 6.08 Å². The number of amides is 4. The fourth-order valence-electron chi connectivity index (χ4n) is 3.19. The minimum absolute atomic E-state index is 0.193. The number of carbonyl (C=O) groups is 3. The van der Waals surface area contributed by atoms with E-state index in [2.05, 4.69) is 53.1 Å². The Morgan fingerprint density at radius 1 is 0.912 bits per heavy atom. The van der Waals surface area contributed by atoms with E-state index in [1.54, 1.807) is 48.5 Å². The van der Waals surface area contributed by atoms with Crippen LogP contribution in [-0.4, -0.2) is 17.8 Å². The molecule has 6 nitrogen and oxygen atoms in total. The summed E-state index contributed by atoms with van der Waals surface area (Å²) in [5, 5.41) is 2.20.